The Bertz CT molecular complexity index is 760. The van der Waals surface area contributed by atoms with Crippen molar-refractivity contribution in [3.05, 3.63) is 54.1 Å². The Morgan fingerprint density at radius 1 is 1.04 bits per heavy atom. The Morgan fingerprint density at radius 3 is 2.29 bits per heavy atom. The topological polar surface area (TPSA) is 50.6 Å². The first kappa shape index (κ1) is 19.2. The van der Waals surface area contributed by atoms with Crippen molar-refractivity contribution in [2.24, 2.45) is 7.05 Å². The van der Waals surface area contributed by atoms with Crippen LogP contribution < -0.4 is 0 Å². The first-order valence-corrected chi connectivity index (χ1v) is 10.4. The molecule has 4 rings (SSSR count). The van der Waals surface area contributed by atoms with Crippen molar-refractivity contribution >= 4 is 5.91 Å². The van der Waals surface area contributed by atoms with E-state index in [-0.39, 0.29) is 12.0 Å². The molecule has 6 heteroatoms. The van der Waals surface area contributed by atoms with Gasteiger partial charge in [0.25, 0.3) is 5.91 Å². The van der Waals surface area contributed by atoms with Crippen LogP contribution in [0.2, 0.25) is 0 Å². The summed E-state index contributed by atoms with van der Waals surface area (Å²) in [6.07, 6.45) is 8.00. The van der Waals surface area contributed by atoms with Gasteiger partial charge in [0.2, 0.25) is 0 Å². The van der Waals surface area contributed by atoms with Gasteiger partial charge in [0.15, 0.2) is 0 Å². The summed E-state index contributed by atoms with van der Waals surface area (Å²) >= 11 is 0. The molecule has 28 heavy (non-hydrogen) atoms. The minimum atomic E-state index is 0.0765. The molecule has 1 amide bonds. The summed E-state index contributed by atoms with van der Waals surface area (Å²) in [7, 11) is 1.86. The Kier molecular flexibility index (Phi) is 6.07. The number of ether oxygens (including phenoxy) is 1. The van der Waals surface area contributed by atoms with E-state index < -0.39 is 0 Å². The number of aromatic nitrogens is 2. The molecule has 0 N–H and O–H groups in total. The van der Waals surface area contributed by atoms with E-state index in [1.807, 2.05) is 11.9 Å². The standard InChI is InChI=1S/C22H30N4O2/c1-24-17-23-15-21(24)22(27)26-13-9-20(10-14-26)28-19-7-11-25(12-8-19)16-18-5-3-2-4-6-18/h2-6,15,17,19-20H,7-14,16H2,1H3. The zero-order valence-electron chi connectivity index (χ0n) is 16.7. The summed E-state index contributed by atoms with van der Waals surface area (Å²) in [6, 6.07) is 10.7. The fourth-order valence-electron chi connectivity index (χ4n) is 4.24. The summed E-state index contributed by atoms with van der Waals surface area (Å²) in [6.45, 7) is 4.75. The molecule has 1 aromatic carbocycles. The van der Waals surface area contributed by atoms with E-state index in [4.69, 9.17) is 4.74 Å². The molecule has 0 atom stereocenters. The van der Waals surface area contributed by atoms with Crippen LogP contribution in [0, 0.1) is 0 Å². The SMILES string of the molecule is Cn1cncc1C(=O)N1CCC(OC2CCN(Cc3ccccc3)CC2)CC1. The highest BCUT2D eigenvalue weighted by atomic mass is 16.5. The van der Waals surface area contributed by atoms with E-state index in [1.165, 1.54) is 5.56 Å². The average Bonchev–Trinajstić information content (AvgIpc) is 3.16. The number of likely N-dealkylation sites (tertiary alicyclic amines) is 2. The van der Waals surface area contributed by atoms with E-state index in [9.17, 15) is 4.79 Å². The van der Waals surface area contributed by atoms with Crippen LogP contribution in [0.15, 0.2) is 42.9 Å². The molecule has 0 spiro atoms. The van der Waals surface area contributed by atoms with Gasteiger partial charge in [0, 0.05) is 39.8 Å². The number of hydrogen-bond donors (Lipinski definition) is 0. The molecule has 0 radical (unpaired) electrons. The van der Waals surface area contributed by atoms with Crippen molar-refractivity contribution in [3.8, 4) is 0 Å². The van der Waals surface area contributed by atoms with Crippen molar-refractivity contribution in [1.82, 2.24) is 19.4 Å². The van der Waals surface area contributed by atoms with Gasteiger partial charge in [-0.3, -0.25) is 9.69 Å². The zero-order chi connectivity index (χ0) is 19.3. The monoisotopic (exact) mass is 382 g/mol. The lowest BCUT2D eigenvalue weighted by molar-refractivity contribution is -0.0629. The Hall–Kier alpha value is -2.18. The lowest BCUT2D eigenvalue weighted by Gasteiger charge is -2.37. The number of rotatable bonds is 5. The number of aryl methyl sites for hydroxylation is 1. The number of imidazole rings is 1. The van der Waals surface area contributed by atoms with Gasteiger partial charge in [-0.2, -0.15) is 0 Å². The highest BCUT2D eigenvalue weighted by Gasteiger charge is 2.28. The van der Waals surface area contributed by atoms with E-state index in [0.717, 1.165) is 58.4 Å². The molecule has 0 saturated carbocycles. The first-order valence-electron chi connectivity index (χ1n) is 10.4. The summed E-state index contributed by atoms with van der Waals surface area (Å²) in [5.74, 6) is 0.0765. The van der Waals surface area contributed by atoms with E-state index in [1.54, 1.807) is 17.1 Å². The van der Waals surface area contributed by atoms with Crippen molar-refractivity contribution in [2.75, 3.05) is 26.2 Å². The number of amides is 1. The third-order valence-corrected chi connectivity index (χ3v) is 5.93. The van der Waals surface area contributed by atoms with Crippen LogP contribution >= 0.6 is 0 Å². The van der Waals surface area contributed by atoms with Gasteiger partial charge < -0.3 is 14.2 Å². The van der Waals surface area contributed by atoms with Gasteiger partial charge in [-0.15, -0.1) is 0 Å². The molecule has 3 heterocycles. The zero-order valence-corrected chi connectivity index (χ0v) is 16.7. The van der Waals surface area contributed by atoms with Gasteiger partial charge >= 0.3 is 0 Å². The molecule has 0 unspecified atom stereocenters. The maximum atomic E-state index is 12.6. The molecule has 6 nitrogen and oxygen atoms in total. The number of hydrogen-bond acceptors (Lipinski definition) is 4. The summed E-state index contributed by atoms with van der Waals surface area (Å²) in [4.78, 5) is 21.1. The molecular weight excluding hydrogens is 352 g/mol. The van der Waals surface area contributed by atoms with E-state index >= 15 is 0 Å². The fraction of sp³-hybridized carbons (Fsp3) is 0.545. The van der Waals surface area contributed by atoms with Crippen LogP contribution in [0.25, 0.3) is 0 Å². The van der Waals surface area contributed by atoms with Gasteiger partial charge in [0.05, 0.1) is 24.7 Å². The number of carbonyl (C=O) groups excluding carboxylic acids is 1. The highest BCUT2D eigenvalue weighted by molar-refractivity contribution is 5.92. The second-order valence-electron chi connectivity index (χ2n) is 7.98. The molecule has 2 aliphatic rings. The van der Waals surface area contributed by atoms with Crippen LogP contribution in [0.3, 0.4) is 0 Å². The van der Waals surface area contributed by atoms with E-state index in [0.29, 0.717) is 11.8 Å². The Balaban J connectivity index is 1.19. The molecule has 2 aliphatic heterocycles. The van der Waals surface area contributed by atoms with Crippen LogP contribution in [-0.2, 0) is 18.3 Å². The lowest BCUT2D eigenvalue weighted by atomic mass is 10.0. The minimum absolute atomic E-state index is 0.0765. The molecule has 2 fully saturated rings. The molecule has 150 valence electrons. The molecule has 1 aromatic heterocycles. The highest BCUT2D eigenvalue weighted by Crippen LogP contribution is 2.22. The second-order valence-corrected chi connectivity index (χ2v) is 7.98. The van der Waals surface area contributed by atoms with E-state index in [2.05, 4.69) is 40.2 Å². The molecule has 2 aromatic rings. The number of benzene rings is 1. The third-order valence-electron chi connectivity index (χ3n) is 5.93. The predicted octanol–water partition coefficient (Wildman–Crippen LogP) is 2.71. The molecule has 2 saturated heterocycles. The van der Waals surface area contributed by atoms with Crippen LogP contribution in [-0.4, -0.2) is 63.6 Å². The van der Waals surface area contributed by atoms with Crippen molar-refractivity contribution in [3.63, 3.8) is 0 Å². The normalized spacial score (nSPS) is 19.8. The van der Waals surface area contributed by atoms with Crippen molar-refractivity contribution in [1.29, 1.82) is 0 Å². The Morgan fingerprint density at radius 2 is 1.68 bits per heavy atom. The van der Waals surface area contributed by atoms with Gasteiger partial charge in [-0.1, -0.05) is 30.3 Å². The number of nitrogens with zero attached hydrogens (tertiary/aromatic N) is 4. The third kappa shape index (κ3) is 4.62. The fourth-order valence-corrected chi connectivity index (χ4v) is 4.24. The van der Waals surface area contributed by atoms with Gasteiger partial charge in [-0.25, -0.2) is 4.98 Å². The van der Waals surface area contributed by atoms with Crippen LogP contribution in [0.1, 0.15) is 41.7 Å². The largest absolute Gasteiger partial charge is 0.375 e. The lowest BCUT2D eigenvalue weighted by Crippen LogP contribution is -2.44. The first-order chi connectivity index (χ1) is 13.7. The summed E-state index contributed by atoms with van der Waals surface area (Å²) in [5.41, 5.74) is 2.04. The maximum Gasteiger partial charge on any atom is 0.272 e. The average molecular weight is 383 g/mol. The molecule has 0 bridgehead atoms. The minimum Gasteiger partial charge on any atom is -0.375 e. The smallest absolute Gasteiger partial charge is 0.272 e. The summed E-state index contributed by atoms with van der Waals surface area (Å²) in [5, 5.41) is 0. The van der Waals surface area contributed by atoms with Gasteiger partial charge in [-0.05, 0) is 31.2 Å². The Labute approximate surface area is 167 Å². The molecular formula is C22H30N4O2. The van der Waals surface area contributed by atoms with Crippen molar-refractivity contribution in [2.45, 2.75) is 44.4 Å². The van der Waals surface area contributed by atoms with Crippen LogP contribution in [0.4, 0.5) is 0 Å². The predicted molar refractivity (Wildman–Crippen MR) is 108 cm³/mol. The maximum absolute atomic E-state index is 12.6. The quantitative estimate of drug-likeness (QED) is 0.798. The van der Waals surface area contributed by atoms with Gasteiger partial charge in [0.1, 0.15) is 5.69 Å². The van der Waals surface area contributed by atoms with Crippen molar-refractivity contribution < 1.29 is 9.53 Å². The number of piperidine rings is 2. The van der Waals surface area contributed by atoms with Crippen LogP contribution in [0.5, 0.6) is 0 Å². The summed E-state index contributed by atoms with van der Waals surface area (Å²) < 4.78 is 8.18. The second kappa shape index (κ2) is 8.88. The molecule has 0 aliphatic carbocycles. The number of carbonyl (C=O) groups is 1.